The van der Waals surface area contributed by atoms with Crippen molar-refractivity contribution < 1.29 is 19.2 Å². The van der Waals surface area contributed by atoms with Crippen LogP contribution in [-0.4, -0.2) is 21.0 Å². The van der Waals surface area contributed by atoms with E-state index >= 15 is 0 Å². The SMILES string of the molecule is Cc1coc(Sc2cc([N+](=O)[O-])ccc2C(=O)O)n1. The van der Waals surface area contributed by atoms with E-state index < -0.39 is 10.9 Å². The molecule has 0 radical (unpaired) electrons. The van der Waals surface area contributed by atoms with Gasteiger partial charge in [0.2, 0.25) is 0 Å². The zero-order chi connectivity index (χ0) is 14.0. The number of aromatic carboxylic acids is 1. The fourth-order valence-corrected chi connectivity index (χ4v) is 2.28. The third-order valence-electron chi connectivity index (χ3n) is 2.20. The normalized spacial score (nSPS) is 10.4. The van der Waals surface area contributed by atoms with Crippen LogP contribution in [0, 0.1) is 17.0 Å². The summed E-state index contributed by atoms with van der Waals surface area (Å²) in [6, 6.07) is 3.53. The summed E-state index contributed by atoms with van der Waals surface area (Å²) in [4.78, 5) is 25.4. The number of rotatable bonds is 4. The predicted octanol–water partition coefficient (Wildman–Crippen LogP) is 2.74. The third kappa shape index (κ3) is 2.91. The van der Waals surface area contributed by atoms with E-state index in [-0.39, 0.29) is 21.4 Å². The molecule has 0 bridgehead atoms. The second-order valence-corrected chi connectivity index (χ2v) is 4.59. The Morgan fingerprint density at radius 1 is 1.53 bits per heavy atom. The van der Waals surface area contributed by atoms with Crippen molar-refractivity contribution in [3.8, 4) is 0 Å². The summed E-state index contributed by atoms with van der Waals surface area (Å²) in [6.45, 7) is 1.72. The number of non-ortho nitro benzene ring substituents is 1. The Bertz CT molecular complexity index is 652. The number of nitro benzene ring substituents is 1. The molecule has 0 aliphatic heterocycles. The maximum absolute atomic E-state index is 11.1. The van der Waals surface area contributed by atoms with Crippen LogP contribution in [0.1, 0.15) is 16.1 Å². The van der Waals surface area contributed by atoms with E-state index in [9.17, 15) is 14.9 Å². The summed E-state index contributed by atoms with van der Waals surface area (Å²) < 4.78 is 5.09. The van der Waals surface area contributed by atoms with Gasteiger partial charge in [0.1, 0.15) is 6.26 Å². The van der Waals surface area contributed by atoms with Gasteiger partial charge in [0, 0.05) is 17.0 Å². The molecule has 1 heterocycles. The van der Waals surface area contributed by atoms with Crippen LogP contribution >= 0.6 is 11.8 Å². The second kappa shape index (κ2) is 5.11. The number of benzene rings is 1. The summed E-state index contributed by atoms with van der Waals surface area (Å²) >= 11 is 0.932. The van der Waals surface area contributed by atoms with Gasteiger partial charge in [-0.2, -0.15) is 0 Å². The minimum atomic E-state index is -1.17. The number of aryl methyl sites for hydroxylation is 1. The van der Waals surface area contributed by atoms with Gasteiger partial charge in [-0.15, -0.1) is 0 Å². The number of carbonyl (C=O) groups is 1. The van der Waals surface area contributed by atoms with Crippen molar-refractivity contribution in [3.63, 3.8) is 0 Å². The molecular weight excluding hydrogens is 272 g/mol. The smallest absolute Gasteiger partial charge is 0.336 e. The van der Waals surface area contributed by atoms with Crippen LogP contribution in [0.25, 0.3) is 0 Å². The van der Waals surface area contributed by atoms with Crippen molar-refractivity contribution in [3.05, 3.63) is 45.8 Å². The number of oxazole rings is 1. The number of hydrogen-bond acceptors (Lipinski definition) is 6. The van der Waals surface area contributed by atoms with Crippen LogP contribution in [0.15, 0.2) is 39.0 Å². The van der Waals surface area contributed by atoms with Crippen molar-refractivity contribution in [2.75, 3.05) is 0 Å². The summed E-state index contributed by atoms with van der Waals surface area (Å²) in [5, 5.41) is 20.0. The standard InChI is InChI=1S/C11H8N2O5S/c1-6-5-18-11(12-6)19-9-4-7(13(16)17)2-3-8(9)10(14)15/h2-5H,1H3,(H,14,15). The highest BCUT2D eigenvalue weighted by molar-refractivity contribution is 7.99. The molecule has 0 fully saturated rings. The van der Waals surface area contributed by atoms with Gasteiger partial charge in [0.15, 0.2) is 0 Å². The molecule has 98 valence electrons. The van der Waals surface area contributed by atoms with Gasteiger partial charge in [-0.1, -0.05) is 0 Å². The summed E-state index contributed by atoms with van der Waals surface area (Å²) in [6.07, 6.45) is 1.42. The van der Waals surface area contributed by atoms with Gasteiger partial charge in [-0.25, -0.2) is 9.78 Å². The largest absolute Gasteiger partial charge is 0.478 e. The molecule has 0 atom stereocenters. The number of hydrogen-bond donors (Lipinski definition) is 1. The molecule has 1 N–H and O–H groups in total. The highest BCUT2D eigenvalue weighted by Gasteiger charge is 2.18. The molecule has 0 saturated carbocycles. The molecule has 0 amide bonds. The van der Waals surface area contributed by atoms with E-state index in [4.69, 9.17) is 9.52 Å². The molecule has 0 saturated heterocycles. The van der Waals surface area contributed by atoms with E-state index in [1.54, 1.807) is 6.92 Å². The molecule has 1 aromatic carbocycles. The lowest BCUT2D eigenvalue weighted by Gasteiger charge is -2.02. The lowest BCUT2D eigenvalue weighted by molar-refractivity contribution is -0.385. The first-order chi connectivity index (χ1) is 8.97. The summed E-state index contributed by atoms with van der Waals surface area (Å²) in [7, 11) is 0. The minimum Gasteiger partial charge on any atom is -0.478 e. The van der Waals surface area contributed by atoms with Gasteiger partial charge in [0.05, 0.1) is 16.2 Å². The fourth-order valence-electron chi connectivity index (χ4n) is 1.36. The topological polar surface area (TPSA) is 106 Å². The molecule has 0 spiro atoms. The van der Waals surface area contributed by atoms with Crippen molar-refractivity contribution in [1.29, 1.82) is 0 Å². The number of nitro groups is 1. The highest BCUT2D eigenvalue weighted by Crippen LogP contribution is 2.32. The number of carboxylic acid groups (broad SMARTS) is 1. The summed E-state index contributed by atoms with van der Waals surface area (Å²) in [5.74, 6) is -1.17. The molecule has 2 aromatic rings. The van der Waals surface area contributed by atoms with Crippen molar-refractivity contribution in [1.82, 2.24) is 4.98 Å². The quantitative estimate of drug-likeness (QED) is 0.677. The maximum atomic E-state index is 11.1. The van der Waals surface area contributed by atoms with Crippen LogP contribution in [-0.2, 0) is 0 Å². The zero-order valence-corrected chi connectivity index (χ0v) is 10.5. The molecule has 1 aromatic heterocycles. The van der Waals surface area contributed by atoms with Crippen LogP contribution in [0.3, 0.4) is 0 Å². The van der Waals surface area contributed by atoms with E-state index in [0.717, 1.165) is 17.8 Å². The molecule has 0 aliphatic carbocycles. The minimum absolute atomic E-state index is 0.0357. The van der Waals surface area contributed by atoms with E-state index in [2.05, 4.69) is 4.98 Å². The fraction of sp³-hybridized carbons (Fsp3) is 0.0909. The van der Waals surface area contributed by atoms with Gasteiger partial charge < -0.3 is 9.52 Å². The first-order valence-corrected chi connectivity index (χ1v) is 5.90. The Labute approximate surface area is 111 Å². The van der Waals surface area contributed by atoms with Crippen LogP contribution in [0.4, 0.5) is 5.69 Å². The van der Waals surface area contributed by atoms with Crippen molar-refractivity contribution in [2.24, 2.45) is 0 Å². The molecule has 7 nitrogen and oxygen atoms in total. The van der Waals surface area contributed by atoms with E-state index in [0.29, 0.717) is 5.69 Å². The molecule has 8 heteroatoms. The van der Waals surface area contributed by atoms with Gasteiger partial charge in [0.25, 0.3) is 10.9 Å². The van der Waals surface area contributed by atoms with Gasteiger partial charge >= 0.3 is 5.97 Å². The van der Waals surface area contributed by atoms with Gasteiger partial charge in [-0.05, 0) is 24.8 Å². The first kappa shape index (κ1) is 13.1. The van der Waals surface area contributed by atoms with Crippen molar-refractivity contribution in [2.45, 2.75) is 17.0 Å². The molecule has 2 rings (SSSR count). The van der Waals surface area contributed by atoms with E-state index in [1.165, 1.54) is 18.4 Å². The van der Waals surface area contributed by atoms with E-state index in [1.807, 2.05) is 0 Å². The number of nitrogens with zero attached hydrogens (tertiary/aromatic N) is 2. The van der Waals surface area contributed by atoms with Crippen LogP contribution in [0.5, 0.6) is 0 Å². The average molecular weight is 280 g/mol. The maximum Gasteiger partial charge on any atom is 0.336 e. The lowest BCUT2D eigenvalue weighted by atomic mass is 10.2. The first-order valence-electron chi connectivity index (χ1n) is 5.09. The zero-order valence-electron chi connectivity index (χ0n) is 9.69. The Morgan fingerprint density at radius 3 is 2.79 bits per heavy atom. The Balaban J connectivity index is 2.42. The predicted molar refractivity (Wildman–Crippen MR) is 65.4 cm³/mol. The molecule has 0 unspecified atom stereocenters. The second-order valence-electron chi connectivity index (χ2n) is 3.60. The summed E-state index contributed by atoms with van der Waals surface area (Å²) in [5.41, 5.74) is 0.423. The number of aromatic nitrogens is 1. The highest BCUT2D eigenvalue weighted by atomic mass is 32.2. The number of carboxylic acids is 1. The molecule has 19 heavy (non-hydrogen) atoms. The van der Waals surface area contributed by atoms with Gasteiger partial charge in [-0.3, -0.25) is 10.1 Å². The Morgan fingerprint density at radius 2 is 2.26 bits per heavy atom. The van der Waals surface area contributed by atoms with Crippen molar-refractivity contribution >= 4 is 23.4 Å². The van der Waals surface area contributed by atoms with Crippen LogP contribution in [0.2, 0.25) is 0 Å². The Kier molecular flexibility index (Phi) is 3.52. The third-order valence-corrected chi connectivity index (χ3v) is 3.12. The Hall–Kier alpha value is -2.35. The van der Waals surface area contributed by atoms with Crippen LogP contribution < -0.4 is 0 Å². The molecular formula is C11H8N2O5S. The monoisotopic (exact) mass is 280 g/mol. The lowest BCUT2D eigenvalue weighted by Crippen LogP contribution is -2.00. The molecule has 0 aliphatic rings. The average Bonchev–Trinajstić information content (AvgIpc) is 2.74.